The van der Waals surface area contributed by atoms with Crippen molar-refractivity contribution >= 4 is 50.1 Å². The van der Waals surface area contributed by atoms with Crippen LogP contribution >= 0.6 is 39.0 Å². The van der Waals surface area contributed by atoms with Gasteiger partial charge in [-0.05, 0) is 11.6 Å². The zero-order valence-electron chi connectivity index (χ0n) is 12.7. The molecule has 0 atom stereocenters. The summed E-state index contributed by atoms with van der Waals surface area (Å²) < 4.78 is 1.79. The molecule has 0 aliphatic rings. The zero-order chi connectivity index (χ0) is 16.7. The maximum atomic E-state index is 12.2. The lowest BCUT2D eigenvalue weighted by molar-refractivity contribution is -0.127. The van der Waals surface area contributed by atoms with E-state index >= 15 is 0 Å². The normalized spacial score (nSPS) is 10.3. The standard InChI is InChI=1S/C15H17BrN4OS2/c1-3-8-17-14-18-19-15(23-14)22-10-13(21)20(2)9-11-6-4-5-7-12(11)16/h3-7H,1,8-10H2,2H3,(H,17,18). The molecule has 1 aromatic heterocycles. The first-order chi connectivity index (χ1) is 11.1. The third kappa shape index (κ3) is 5.63. The smallest absolute Gasteiger partial charge is 0.233 e. The van der Waals surface area contributed by atoms with E-state index in [9.17, 15) is 4.79 Å². The molecule has 0 saturated heterocycles. The van der Waals surface area contributed by atoms with E-state index in [4.69, 9.17) is 0 Å². The topological polar surface area (TPSA) is 58.1 Å². The number of aromatic nitrogens is 2. The highest BCUT2D eigenvalue weighted by Crippen LogP contribution is 2.25. The number of carbonyl (C=O) groups excluding carboxylic acids is 1. The molecule has 1 aromatic carbocycles. The van der Waals surface area contributed by atoms with Crippen molar-refractivity contribution in [3.8, 4) is 0 Å². The number of anilines is 1. The number of hydrogen-bond acceptors (Lipinski definition) is 6. The molecule has 2 rings (SSSR count). The second-order valence-electron chi connectivity index (χ2n) is 4.67. The molecule has 0 radical (unpaired) electrons. The Bertz CT molecular complexity index is 677. The molecule has 1 amide bonds. The fourth-order valence-corrected chi connectivity index (χ4v) is 3.81. The Hall–Kier alpha value is -1.38. The molecule has 0 aliphatic heterocycles. The highest BCUT2D eigenvalue weighted by Gasteiger charge is 2.13. The van der Waals surface area contributed by atoms with Crippen LogP contribution in [-0.2, 0) is 11.3 Å². The summed E-state index contributed by atoms with van der Waals surface area (Å²) in [7, 11) is 1.81. The summed E-state index contributed by atoms with van der Waals surface area (Å²) in [4.78, 5) is 13.9. The van der Waals surface area contributed by atoms with E-state index in [-0.39, 0.29) is 5.91 Å². The molecule has 0 spiro atoms. The van der Waals surface area contributed by atoms with Gasteiger partial charge in [-0.3, -0.25) is 4.79 Å². The van der Waals surface area contributed by atoms with Crippen LogP contribution in [0.4, 0.5) is 5.13 Å². The molecule has 2 aromatic rings. The van der Waals surface area contributed by atoms with Gasteiger partial charge in [-0.15, -0.1) is 16.8 Å². The van der Waals surface area contributed by atoms with E-state index in [1.807, 2.05) is 24.3 Å². The van der Waals surface area contributed by atoms with E-state index < -0.39 is 0 Å². The van der Waals surface area contributed by atoms with Gasteiger partial charge in [-0.2, -0.15) is 0 Å². The molecule has 5 nitrogen and oxygen atoms in total. The molecule has 0 aliphatic carbocycles. The SMILES string of the molecule is C=CCNc1nnc(SCC(=O)N(C)Cc2ccccc2Br)s1. The van der Waals surface area contributed by atoms with Gasteiger partial charge in [0.25, 0.3) is 0 Å². The van der Waals surface area contributed by atoms with E-state index in [1.54, 1.807) is 18.0 Å². The fourth-order valence-electron chi connectivity index (χ4n) is 1.70. The summed E-state index contributed by atoms with van der Waals surface area (Å²) in [6.45, 7) is 4.86. The van der Waals surface area contributed by atoms with Gasteiger partial charge >= 0.3 is 0 Å². The van der Waals surface area contributed by atoms with Gasteiger partial charge in [-0.25, -0.2) is 0 Å². The lowest BCUT2D eigenvalue weighted by Crippen LogP contribution is -2.27. The van der Waals surface area contributed by atoms with Crippen LogP contribution in [0, 0.1) is 0 Å². The molecular formula is C15H17BrN4OS2. The number of halogens is 1. The molecule has 23 heavy (non-hydrogen) atoms. The van der Waals surface area contributed by atoms with Crippen LogP contribution in [-0.4, -0.2) is 40.3 Å². The van der Waals surface area contributed by atoms with Gasteiger partial charge in [0, 0.05) is 24.6 Å². The molecule has 122 valence electrons. The summed E-state index contributed by atoms with van der Waals surface area (Å²) in [5.41, 5.74) is 1.08. The number of carbonyl (C=O) groups is 1. The van der Waals surface area contributed by atoms with E-state index in [2.05, 4.69) is 38.0 Å². The zero-order valence-corrected chi connectivity index (χ0v) is 15.9. The highest BCUT2D eigenvalue weighted by molar-refractivity contribution is 9.10. The van der Waals surface area contributed by atoms with Gasteiger partial charge in [-0.1, -0.05) is 63.3 Å². The predicted molar refractivity (Wildman–Crippen MR) is 99.9 cm³/mol. The minimum absolute atomic E-state index is 0.0570. The van der Waals surface area contributed by atoms with E-state index in [1.165, 1.54) is 23.1 Å². The monoisotopic (exact) mass is 412 g/mol. The van der Waals surface area contributed by atoms with Gasteiger partial charge in [0.05, 0.1) is 5.75 Å². The number of thioether (sulfide) groups is 1. The summed E-state index contributed by atoms with van der Waals surface area (Å²) in [5.74, 6) is 0.401. The van der Waals surface area contributed by atoms with Crippen LogP contribution in [0.2, 0.25) is 0 Å². The Morgan fingerprint density at radius 3 is 3.00 bits per heavy atom. The van der Waals surface area contributed by atoms with E-state index in [0.29, 0.717) is 18.8 Å². The van der Waals surface area contributed by atoms with Gasteiger partial charge in [0.1, 0.15) is 0 Å². The number of benzene rings is 1. The third-order valence-corrected chi connectivity index (χ3v) is 5.69. The molecule has 8 heteroatoms. The molecule has 0 fully saturated rings. The quantitative estimate of drug-likeness (QED) is 0.529. The fraction of sp³-hybridized carbons (Fsp3) is 0.267. The van der Waals surface area contributed by atoms with Crippen molar-refractivity contribution in [3.05, 3.63) is 47.0 Å². The van der Waals surface area contributed by atoms with Crippen molar-refractivity contribution in [3.63, 3.8) is 0 Å². The number of rotatable bonds is 8. The first-order valence-electron chi connectivity index (χ1n) is 6.88. The molecule has 0 saturated carbocycles. The maximum Gasteiger partial charge on any atom is 0.233 e. The predicted octanol–water partition coefficient (Wildman–Crippen LogP) is 3.65. The van der Waals surface area contributed by atoms with Crippen molar-refractivity contribution in [2.24, 2.45) is 0 Å². The minimum atomic E-state index is 0.0570. The molecular weight excluding hydrogens is 396 g/mol. The Kier molecular flexibility index (Phi) is 7.07. The largest absolute Gasteiger partial charge is 0.357 e. The maximum absolute atomic E-state index is 12.2. The van der Waals surface area contributed by atoms with Gasteiger partial charge in [0.2, 0.25) is 11.0 Å². The summed E-state index contributed by atoms with van der Waals surface area (Å²) in [5, 5.41) is 11.9. The van der Waals surface area contributed by atoms with Crippen molar-refractivity contribution in [2.45, 2.75) is 10.9 Å². The lowest BCUT2D eigenvalue weighted by atomic mass is 10.2. The Morgan fingerprint density at radius 2 is 2.26 bits per heavy atom. The van der Waals surface area contributed by atoms with Crippen molar-refractivity contribution in [1.29, 1.82) is 0 Å². The number of nitrogens with one attached hydrogen (secondary N) is 1. The second kappa shape index (κ2) is 9.05. The van der Waals surface area contributed by atoms with Crippen LogP contribution < -0.4 is 5.32 Å². The second-order valence-corrected chi connectivity index (χ2v) is 7.73. The van der Waals surface area contributed by atoms with Crippen LogP contribution in [0.15, 0.2) is 45.7 Å². The van der Waals surface area contributed by atoms with Crippen molar-refractivity contribution in [1.82, 2.24) is 15.1 Å². The molecule has 1 N–H and O–H groups in total. The molecule has 1 heterocycles. The summed E-state index contributed by atoms with van der Waals surface area (Å²) >= 11 is 6.34. The van der Waals surface area contributed by atoms with Crippen LogP contribution in [0.5, 0.6) is 0 Å². The summed E-state index contributed by atoms with van der Waals surface area (Å²) in [6, 6.07) is 7.90. The minimum Gasteiger partial charge on any atom is -0.357 e. The first kappa shape index (κ1) is 18.0. The van der Waals surface area contributed by atoms with E-state index in [0.717, 1.165) is 19.5 Å². The van der Waals surface area contributed by atoms with Gasteiger partial charge < -0.3 is 10.2 Å². The number of hydrogen-bond donors (Lipinski definition) is 1. The Balaban J connectivity index is 1.83. The average molecular weight is 413 g/mol. The highest BCUT2D eigenvalue weighted by atomic mass is 79.9. The van der Waals surface area contributed by atoms with Crippen LogP contribution in [0.1, 0.15) is 5.56 Å². The van der Waals surface area contributed by atoms with Crippen LogP contribution in [0.25, 0.3) is 0 Å². The van der Waals surface area contributed by atoms with Crippen LogP contribution in [0.3, 0.4) is 0 Å². The van der Waals surface area contributed by atoms with Gasteiger partial charge in [0.15, 0.2) is 4.34 Å². The average Bonchev–Trinajstić information content (AvgIpc) is 3.00. The first-order valence-corrected chi connectivity index (χ1v) is 9.48. The Labute approximate surface area is 152 Å². The Morgan fingerprint density at radius 1 is 1.48 bits per heavy atom. The third-order valence-electron chi connectivity index (χ3n) is 2.91. The number of nitrogens with zero attached hydrogens (tertiary/aromatic N) is 3. The summed E-state index contributed by atoms with van der Waals surface area (Å²) in [6.07, 6.45) is 1.76. The van der Waals surface area contributed by atoms with Crippen molar-refractivity contribution < 1.29 is 4.79 Å². The van der Waals surface area contributed by atoms with Crippen molar-refractivity contribution in [2.75, 3.05) is 24.7 Å². The molecule has 0 bridgehead atoms. The number of amides is 1. The lowest BCUT2D eigenvalue weighted by Gasteiger charge is -2.17. The molecule has 0 unspecified atom stereocenters.